The van der Waals surface area contributed by atoms with Crippen molar-refractivity contribution in [3.05, 3.63) is 0 Å². The van der Waals surface area contributed by atoms with E-state index in [1.165, 1.54) is 0 Å². The fourth-order valence-corrected chi connectivity index (χ4v) is 1.96. The first-order chi connectivity index (χ1) is 10.2. The molecule has 0 saturated carbocycles. The van der Waals surface area contributed by atoms with Crippen molar-refractivity contribution in [2.45, 2.75) is 44.9 Å². The zero-order valence-corrected chi connectivity index (χ0v) is 14.5. The maximum atomic E-state index is 12.2. The van der Waals surface area contributed by atoms with Gasteiger partial charge in [0, 0.05) is 0 Å². The Balaban J connectivity index is 4.58. The number of thioether (sulfide) groups is 1. The monoisotopic (exact) mass is 336 g/mol. The fourth-order valence-electron chi connectivity index (χ4n) is 1.49. The Morgan fingerprint density at radius 2 is 1.91 bits per heavy atom. The number of nitrogens with one attached hydrogen (secondary N) is 3. The Labute approximate surface area is 135 Å². The Kier molecular flexibility index (Phi) is 10.4. The zero-order chi connectivity index (χ0) is 17.2. The molecule has 8 nitrogen and oxygen atoms in total. The minimum Gasteiger partial charge on any atom is -0.394 e. The van der Waals surface area contributed by atoms with Crippen molar-refractivity contribution in [2.75, 3.05) is 25.3 Å². The summed E-state index contributed by atoms with van der Waals surface area (Å²) >= 11 is 1.61. The molecule has 0 aromatic rings. The number of carbonyl (C=O) groups excluding carboxylic acids is 2. The van der Waals surface area contributed by atoms with E-state index in [1.807, 2.05) is 32.5 Å². The molecule has 0 fully saturated rings. The summed E-state index contributed by atoms with van der Waals surface area (Å²) in [5.74, 6) is 4.75. The molecule has 0 heterocycles. The molecular weight excluding hydrogens is 308 g/mol. The Bertz CT molecular complexity index is 349. The van der Waals surface area contributed by atoms with Crippen molar-refractivity contribution in [1.29, 1.82) is 0 Å². The molecule has 6 N–H and O–H groups in total. The predicted octanol–water partition coefficient (Wildman–Crippen LogP) is -1.06. The van der Waals surface area contributed by atoms with Crippen LogP contribution < -0.4 is 21.9 Å². The van der Waals surface area contributed by atoms with E-state index in [-0.39, 0.29) is 18.2 Å². The first-order valence-corrected chi connectivity index (χ1v) is 8.42. The van der Waals surface area contributed by atoms with E-state index in [2.05, 4.69) is 10.6 Å². The summed E-state index contributed by atoms with van der Waals surface area (Å²) in [5.41, 5.74) is 1.58. The maximum absolute atomic E-state index is 12.2. The van der Waals surface area contributed by atoms with Gasteiger partial charge in [-0.25, -0.2) is 5.84 Å². The van der Waals surface area contributed by atoms with Crippen molar-refractivity contribution in [3.63, 3.8) is 0 Å². The summed E-state index contributed by atoms with van der Waals surface area (Å²) in [4.78, 5) is 23.6. The van der Waals surface area contributed by atoms with Crippen LogP contribution >= 0.6 is 11.8 Å². The van der Waals surface area contributed by atoms with Crippen molar-refractivity contribution >= 4 is 23.6 Å². The number of rotatable bonds is 10. The van der Waals surface area contributed by atoms with Gasteiger partial charge in [-0.1, -0.05) is 0 Å². The van der Waals surface area contributed by atoms with Crippen LogP contribution in [0.2, 0.25) is 0 Å². The van der Waals surface area contributed by atoms with Gasteiger partial charge in [0.15, 0.2) is 0 Å². The minimum absolute atomic E-state index is 0.211. The molecule has 22 heavy (non-hydrogen) atoms. The lowest BCUT2D eigenvalue weighted by atomic mass is 10.2. The lowest BCUT2D eigenvalue weighted by molar-refractivity contribution is -0.131. The first-order valence-electron chi connectivity index (χ1n) is 7.03. The molecule has 0 aromatic carbocycles. The molecular formula is C13H28N4O4S. The number of ether oxygens (including phenoxy) is 1. The van der Waals surface area contributed by atoms with Gasteiger partial charge in [0.05, 0.1) is 25.0 Å². The Morgan fingerprint density at radius 3 is 2.36 bits per heavy atom. The molecule has 0 bridgehead atoms. The van der Waals surface area contributed by atoms with E-state index in [1.54, 1.807) is 11.8 Å². The van der Waals surface area contributed by atoms with Gasteiger partial charge in [-0.2, -0.15) is 11.8 Å². The second kappa shape index (κ2) is 10.8. The van der Waals surface area contributed by atoms with Crippen LogP contribution in [0.3, 0.4) is 0 Å². The smallest absolute Gasteiger partial charge is 0.258 e. The molecule has 0 radical (unpaired) electrons. The van der Waals surface area contributed by atoms with Crippen molar-refractivity contribution in [3.8, 4) is 0 Å². The molecule has 0 spiro atoms. The number of carbonyl (C=O) groups is 2. The third-order valence-electron chi connectivity index (χ3n) is 2.72. The summed E-state index contributed by atoms with van der Waals surface area (Å²) < 4.78 is 5.54. The van der Waals surface area contributed by atoms with E-state index >= 15 is 0 Å². The van der Waals surface area contributed by atoms with Crippen LogP contribution in [0, 0.1) is 0 Å². The SMILES string of the molecule is CSCC[C@H](NCOC(C)(C)C)C(=O)N[C@@H](CO)C(=O)NN. The summed E-state index contributed by atoms with van der Waals surface area (Å²) in [6, 6.07) is -1.59. The van der Waals surface area contributed by atoms with E-state index in [9.17, 15) is 9.59 Å². The van der Waals surface area contributed by atoms with Crippen molar-refractivity contribution < 1.29 is 19.4 Å². The lowest BCUT2D eigenvalue weighted by Crippen LogP contribution is -2.55. The van der Waals surface area contributed by atoms with E-state index in [0.29, 0.717) is 6.42 Å². The fraction of sp³-hybridized carbons (Fsp3) is 0.846. The van der Waals surface area contributed by atoms with Crippen LogP contribution in [-0.4, -0.2) is 60.0 Å². The highest BCUT2D eigenvalue weighted by molar-refractivity contribution is 7.98. The highest BCUT2D eigenvalue weighted by atomic mass is 32.2. The van der Waals surface area contributed by atoms with Crippen molar-refractivity contribution in [1.82, 2.24) is 16.1 Å². The van der Waals surface area contributed by atoms with Gasteiger partial charge in [-0.15, -0.1) is 0 Å². The Hall–Kier alpha value is -0.870. The number of hydrazine groups is 1. The molecule has 0 aliphatic carbocycles. The van der Waals surface area contributed by atoms with Crippen LogP contribution in [0.4, 0.5) is 0 Å². The van der Waals surface area contributed by atoms with Gasteiger partial charge >= 0.3 is 0 Å². The zero-order valence-electron chi connectivity index (χ0n) is 13.6. The van der Waals surface area contributed by atoms with Crippen molar-refractivity contribution in [2.24, 2.45) is 5.84 Å². The van der Waals surface area contributed by atoms with E-state index < -0.39 is 24.6 Å². The number of hydrogen-bond acceptors (Lipinski definition) is 7. The Morgan fingerprint density at radius 1 is 1.27 bits per heavy atom. The van der Waals surface area contributed by atoms with Gasteiger partial charge in [0.2, 0.25) is 5.91 Å². The van der Waals surface area contributed by atoms with Crippen LogP contribution in [0.25, 0.3) is 0 Å². The number of nitrogens with two attached hydrogens (primary N) is 1. The quantitative estimate of drug-likeness (QED) is 0.149. The molecule has 0 saturated heterocycles. The third kappa shape index (κ3) is 9.21. The third-order valence-corrected chi connectivity index (χ3v) is 3.36. The average Bonchev–Trinajstić information content (AvgIpc) is 2.45. The van der Waals surface area contributed by atoms with Crippen LogP contribution in [0.1, 0.15) is 27.2 Å². The number of aliphatic hydroxyl groups is 1. The van der Waals surface area contributed by atoms with E-state index in [4.69, 9.17) is 15.7 Å². The summed E-state index contributed by atoms with van der Waals surface area (Å²) in [5, 5.41) is 14.6. The molecule has 0 aromatic heterocycles. The summed E-state index contributed by atoms with van der Waals surface area (Å²) in [6.45, 7) is 5.43. The lowest BCUT2D eigenvalue weighted by Gasteiger charge is -2.24. The highest BCUT2D eigenvalue weighted by Gasteiger charge is 2.24. The van der Waals surface area contributed by atoms with Gasteiger partial charge in [0.25, 0.3) is 5.91 Å². The number of hydrogen-bond donors (Lipinski definition) is 5. The largest absolute Gasteiger partial charge is 0.394 e. The molecule has 2 atom stereocenters. The predicted molar refractivity (Wildman–Crippen MR) is 87.0 cm³/mol. The first kappa shape index (κ1) is 21.1. The second-order valence-electron chi connectivity index (χ2n) is 5.69. The molecule has 130 valence electrons. The molecule has 0 rings (SSSR count). The van der Waals surface area contributed by atoms with Gasteiger partial charge in [-0.3, -0.25) is 20.3 Å². The molecule has 0 unspecified atom stereocenters. The second-order valence-corrected chi connectivity index (χ2v) is 6.68. The summed E-state index contributed by atoms with van der Waals surface area (Å²) in [6.07, 6.45) is 2.52. The molecule has 0 aliphatic rings. The van der Waals surface area contributed by atoms with Crippen LogP contribution in [-0.2, 0) is 14.3 Å². The van der Waals surface area contributed by atoms with E-state index in [0.717, 1.165) is 5.75 Å². The number of aliphatic hydroxyl groups excluding tert-OH is 1. The topological polar surface area (TPSA) is 126 Å². The minimum atomic E-state index is -1.07. The number of amides is 2. The summed E-state index contributed by atoms with van der Waals surface area (Å²) in [7, 11) is 0. The maximum Gasteiger partial charge on any atom is 0.258 e. The normalized spacial score (nSPS) is 14.3. The molecule has 9 heteroatoms. The highest BCUT2D eigenvalue weighted by Crippen LogP contribution is 2.06. The average molecular weight is 336 g/mol. The van der Waals surface area contributed by atoms with Gasteiger partial charge in [-0.05, 0) is 39.2 Å². The van der Waals surface area contributed by atoms with Crippen LogP contribution in [0.5, 0.6) is 0 Å². The standard InChI is InChI=1S/C13H28N4O4S/c1-13(2,3)21-8-15-9(5-6-22-4)11(19)16-10(7-18)12(20)17-14/h9-10,15,18H,5-8,14H2,1-4H3,(H,16,19)(H,17,20)/t9-,10-/m0/s1. The molecule has 2 amide bonds. The van der Waals surface area contributed by atoms with Gasteiger partial charge in [0.1, 0.15) is 6.04 Å². The van der Waals surface area contributed by atoms with Gasteiger partial charge < -0.3 is 15.2 Å². The molecule has 0 aliphatic heterocycles. The van der Waals surface area contributed by atoms with Crippen LogP contribution in [0.15, 0.2) is 0 Å².